The van der Waals surface area contributed by atoms with Gasteiger partial charge in [-0.15, -0.1) is 0 Å². The minimum Gasteiger partial charge on any atom is -0.489 e. The van der Waals surface area contributed by atoms with Crippen LogP contribution < -0.4 is 15.4 Å². The van der Waals surface area contributed by atoms with Crippen LogP contribution in [0.25, 0.3) is 0 Å². The van der Waals surface area contributed by atoms with Crippen molar-refractivity contribution in [1.29, 1.82) is 5.26 Å². The number of Topliss-reactive ketones (excluding diaryl/α,β-unsaturated/α-hetero) is 1. The first-order chi connectivity index (χ1) is 19.1. The molecule has 0 saturated heterocycles. The summed E-state index contributed by atoms with van der Waals surface area (Å²) in [7, 11) is 0. The van der Waals surface area contributed by atoms with Gasteiger partial charge >= 0.3 is 0 Å². The Morgan fingerprint density at radius 3 is 2.45 bits per heavy atom. The molecule has 1 unspecified atom stereocenters. The predicted molar refractivity (Wildman–Crippen MR) is 161 cm³/mol. The summed E-state index contributed by atoms with van der Waals surface area (Å²) in [5.74, 6) is 0.429. The fraction of sp³-hybridized carbons (Fsp3) is 0.250. The average molecular weight is 593 g/mol. The maximum atomic E-state index is 13.6. The van der Waals surface area contributed by atoms with Crippen molar-refractivity contribution in [2.75, 3.05) is 4.90 Å². The van der Waals surface area contributed by atoms with E-state index < -0.39 is 5.92 Å². The van der Waals surface area contributed by atoms with E-state index in [1.807, 2.05) is 39.0 Å². The van der Waals surface area contributed by atoms with Crippen LogP contribution in [0, 0.1) is 32.1 Å². The van der Waals surface area contributed by atoms with E-state index in [4.69, 9.17) is 45.3 Å². The van der Waals surface area contributed by atoms with E-state index in [0.717, 1.165) is 39.3 Å². The average Bonchev–Trinajstić information content (AvgIpc) is 2.90. The molecule has 0 aromatic heterocycles. The molecule has 1 aliphatic heterocycles. The van der Waals surface area contributed by atoms with Crippen molar-refractivity contribution in [3.63, 3.8) is 0 Å². The van der Waals surface area contributed by atoms with Gasteiger partial charge in [-0.1, -0.05) is 52.5 Å². The summed E-state index contributed by atoms with van der Waals surface area (Å²) in [4.78, 5) is 15.4. The molecule has 204 valence electrons. The first-order valence-corrected chi connectivity index (χ1v) is 14.1. The highest BCUT2D eigenvalue weighted by molar-refractivity contribution is 6.36. The number of carbonyl (C=O) groups excluding carboxylic acids is 1. The Labute approximate surface area is 249 Å². The lowest BCUT2D eigenvalue weighted by molar-refractivity contribution is -0.116. The van der Waals surface area contributed by atoms with Crippen molar-refractivity contribution < 1.29 is 9.53 Å². The third-order valence-corrected chi connectivity index (χ3v) is 8.37. The zero-order chi connectivity index (χ0) is 28.7. The van der Waals surface area contributed by atoms with Crippen LogP contribution >= 0.6 is 34.8 Å². The Kier molecular flexibility index (Phi) is 7.88. The molecule has 0 saturated carbocycles. The van der Waals surface area contributed by atoms with Gasteiger partial charge < -0.3 is 10.5 Å². The third kappa shape index (κ3) is 5.08. The fourth-order valence-electron chi connectivity index (χ4n) is 5.68. The molecule has 0 bridgehead atoms. The van der Waals surface area contributed by atoms with Gasteiger partial charge in [0.05, 0.1) is 28.3 Å². The molecule has 1 atom stereocenters. The summed E-state index contributed by atoms with van der Waals surface area (Å²) in [6, 6.07) is 17.1. The third-order valence-electron chi connectivity index (χ3n) is 7.59. The maximum absolute atomic E-state index is 13.6. The Hall–Kier alpha value is -3.43. The van der Waals surface area contributed by atoms with Crippen molar-refractivity contribution in [2.24, 2.45) is 5.73 Å². The van der Waals surface area contributed by atoms with Crippen molar-refractivity contribution in [3.8, 4) is 11.8 Å². The number of ketones is 1. The molecule has 0 amide bonds. The van der Waals surface area contributed by atoms with E-state index in [1.165, 1.54) is 0 Å². The Balaban J connectivity index is 1.64. The van der Waals surface area contributed by atoms with Gasteiger partial charge in [0.25, 0.3) is 0 Å². The number of carbonyl (C=O) groups is 1. The topological polar surface area (TPSA) is 79.3 Å². The molecule has 40 heavy (non-hydrogen) atoms. The molecule has 0 spiro atoms. The van der Waals surface area contributed by atoms with Crippen LogP contribution in [-0.4, -0.2) is 5.78 Å². The van der Waals surface area contributed by atoms with Gasteiger partial charge in [-0.25, -0.2) is 0 Å². The molecule has 5 rings (SSSR count). The summed E-state index contributed by atoms with van der Waals surface area (Å²) in [5, 5.41) is 12.0. The number of nitrogens with two attached hydrogens (primary N) is 1. The van der Waals surface area contributed by atoms with E-state index in [-0.39, 0.29) is 11.6 Å². The van der Waals surface area contributed by atoms with Crippen LogP contribution in [-0.2, 0) is 11.4 Å². The van der Waals surface area contributed by atoms with Gasteiger partial charge in [-0.2, -0.15) is 5.26 Å². The highest BCUT2D eigenvalue weighted by Gasteiger charge is 2.41. The second kappa shape index (κ2) is 11.2. The first-order valence-electron chi connectivity index (χ1n) is 13.0. The summed E-state index contributed by atoms with van der Waals surface area (Å²) in [6.45, 7) is 6.28. The van der Waals surface area contributed by atoms with Crippen molar-refractivity contribution in [2.45, 2.75) is 52.6 Å². The largest absolute Gasteiger partial charge is 0.489 e. The quantitative estimate of drug-likeness (QED) is 0.321. The SMILES string of the molecule is Cc1cc(COc2ccc(Cl)cc2C)c(C)c(C2C(C#N)=C(N)N(c3ccc(Cl)cc3Cl)C3=C2C(=O)CCC3)c1. The first kappa shape index (κ1) is 28.1. The number of ether oxygens (including phenoxy) is 1. The smallest absolute Gasteiger partial charge is 0.161 e. The second-order valence-electron chi connectivity index (χ2n) is 10.2. The van der Waals surface area contributed by atoms with Gasteiger partial charge in [-0.3, -0.25) is 9.69 Å². The number of benzene rings is 3. The highest BCUT2D eigenvalue weighted by atomic mass is 35.5. The molecule has 0 fully saturated rings. The standard InChI is InChI=1S/C32H28Cl3N3O2/c1-17-11-20(16-40-29-10-8-21(33)13-18(29)2)19(3)23(12-17)30-24(15-36)32(37)38(26-9-7-22(34)14-25(26)35)27-5-4-6-28(39)31(27)30/h7-14,30H,4-6,16,37H2,1-3H3. The van der Waals surface area contributed by atoms with E-state index in [0.29, 0.717) is 57.8 Å². The lowest BCUT2D eigenvalue weighted by Crippen LogP contribution is -2.39. The number of aryl methyl sites for hydroxylation is 2. The van der Waals surface area contributed by atoms with Gasteiger partial charge in [0.15, 0.2) is 5.78 Å². The summed E-state index contributed by atoms with van der Waals surface area (Å²) >= 11 is 18.9. The Bertz CT molecular complexity index is 1650. The number of anilines is 1. The van der Waals surface area contributed by atoms with Gasteiger partial charge in [0.1, 0.15) is 18.2 Å². The van der Waals surface area contributed by atoms with Gasteiger partial charge in [-0.05, 0) is 92.3 Å². The molecule has 2 aliphatic rings. The van der Waals surface area contributed by atoms with E-state index in [2.05, 4.69) is 12.1 Å². The number of nitriles is 1. The van der Waals surface area contributed by atoms with Crippen molar-refractivity contribution in [3.05, 3.63) is 114 Å². The molecular weight excluding hydrogens is 565 g/mol. The lowest BCUT2D eigenvalue weighted by Gasteiger charge is -2.40. The van der Waals surface area contributed by atoms with E-state index in [1.54, 1.807) is 29.2 Å². The monoisotopic (exact) mass is 591 g/mol. The predicted octanol–water partition coefficient (Wildman–Crippen LogP) is 8.46. The molecule has 8 heteroatoms. The number of nitrogens with zero attached hydrogens (tertiary/aromatic N) is 2. The second-order valence-corrected chi connectivity index (χ2v) is 11.5. The number of allylic oxidation sites excluding steroid dienone is 3. The van der Waals surface area contributed by atoms with Crippen LogP contribution in [0.4, 0.5) is 5.69 Å². The number of rotatable bonds is 5. The van der Waals surface area contributed by atoms with Gasteiger partial charge in [0, 0.05) is 27.7 Å². The van der Waals surface area contributed by atoms with E-state index in [9.17, 15) is 10.1 Å². The van der Waals surface area contributed by atoms with Crippen LogP contribution in [0.5, 0.6) is 5.75 Å². The summed E-state index contributed by atoms with van der Waals surface area (Å²) in [5.41, 5.74) is 13.8. The normalized spacial score (nSPS) is 17.2. The summed E-state index contributed by atoms with van der Waals surface area (Å²) < 4.78 is 6.18. The Morgan fingerprint density at radius 2 is 1.75 bits per heavy atom. The molecule has 1 aliphatic carbocycles. The van der Waals surface area contributed by atoms with Crippen molar-refractivity contribution in [1.82, 2.24) is 0 Å². The van der Waals surface area contributed by atoms with Crippen LogP contribution in [0.2, 0.25) is 15.1 Å². The molecule has 0 radical (unpaired) electrons. The molecular formula is C32H28Cl3N3O2. The lowest BCUT2D eigenvalue weighted by atomic mass is 9.73. The van der Waals surface area contributed by atoms with Crippen molar-refractivity contribution >= 4 is 46.3 Å². The Morgan fingerprint density at radius 1 is 1.02 bits per heavy atom. The molecule has 3 aromatic carbocycles. The van der Waals surface area contributed by atoms with Crippen LogP contribution in [0.3, 0.4) is 0 Å². The minimum absolute atomic E-state index is 0.0112. The van der Waals surface area contributed by atoms with Crippen LogP contribution in [0.15, 0.2) is 71.2 Å². The fourth-order valence-corrected chi connectivity index (χ4v) is 6.40. The molecule has 5 nitrogen and oxygen atoms in total. The zero-order valence-electron chi connectivity index (χ0n) is 22.4. The van der Waals surface area contributed by atoms with Crippen LogP contribution in [0.1, 0.15) is 53.0 Å². The zero-order valence-corrected chi connectivity index (χ0v) is 24.7. The number of halogens is 3. The minimum atomic E-state index is -0.592. The molecule has 3 aromatic rings. The van der Waals surface area contributed by atoms with Gasteiger partial charge in [0.2, 0.25) is 0 Å². The number of hydrogen-bond donors (Lipinski definition) is 1. The molecule has 1 heterocycles. The molecule has 2 N–H and O–H groups in total. The highest BCUT2D eigenvalue weighted by Crippen LogP contribution is 2.48. The van der Waals surface area contributed by atoms with E-state index >= 15 is 0 Å². The summed E-state index contributed by atoms with van der Waals surface area (Å²) in [6.07, 6.45) is 1.73. The maximum Gasteiger partial charge on any atom is 0.161 e. The number of hydrogen-bond acceptors (Lipinski definition) is 5.